The molecule has 5 nitrogen and oxygen atoms in total. The monoisotopic (exact) mass is 312 g/mol. The molecule has 1 aliphatic heterocycles. The molecular formula is C18H24N4O. The molecule has 1 atom stereocenters. The molecule has 122 valence electrons. The number of aromatic amines is 1. The van der Waals surface area contributed by atoms with Crippen molar-refractivity contribution < 1.29 is 4.79 Å². The van der Waals surface area contributed by atoms with Crippen LogP contribution in [0.3, 0.4) is 0 Å². The van der Waals surface area contributed by atoms with E-state index in [1.54, 1.807) is 0 Å². The number of pyridine rings is 1. The number of hydrogen-bond acceptors (Lipinski definition) is 3. The van der Waals surface area contributed by atoms with Crippen LogP contribution in [0.4, 0.5) is 0 Å². The summed E-state index contributed by atoms with van der Waals surface area (Å²) in [7, 11) is 0. The lowest BCUT2D eigenvalue weighted by Crippen LogP contribution is -2.58. The number of H-pyrrole nitrogens is 1. The van der Waals surface area contributed by atoms with Crippen LogP contribution in [0.15, 0.2) is 24.4 Å². The van der Waals surface area contributed by atoms with E-state index < -0.39 is 0 Å². The zero-order chi connectivity index (χ0) is 15.9. The Hall–Kier alpha value is -1.88. The van der Waals surface area contributed by atoms with E-state index in [-0.39, 0.29) is 17.4 Å². The second kappa shape index (κ2) is 5.64. The number of rotatable bonds is 3. The quantitative estimate of drug-likeness (QED) is 0.915. The average Bonchev–Trinajstić information content (AvgIpc) is 3.02. The number of carbonyl (C=O) groups is 1. The van der Waals surface area contributed by atoms with Crippen molar-refractivity contribution >= 4 is 16.9 Å². The lowest BCUT2D eigenvalue weighted by molar-refractivity contribution is -0.00904. The van der Waals surface area contributed by atoms with E-state index >= 15 is 0 Å². The van der Waals surface area contributed by atoms with Gasteiger partial charge in [-0.3, -0.25) is 4.79 Å². The first-order valence-corrected chi connectivity index (χ1v) is 8.69. The third-order valence-electron chi connectivity index (χ3n) is 5.85. The molecule has 1 saturated carbocycles. The van der Waals surface area contributed by atoms with Gasteiger partial charge in [0.2, 0.25) is 0 Å². The third-order valence-corrected chi connectivity index (χ3v) is 5.85. The Morgan fingerprint density at radius 3 is 2.91 bits per heavy atom. The molecule has 2 aliphatic rings. The molecule has 3 N–H and O–H groups in total. The molecule has 2 fully saturated rings. The first-order chi connectivity index (χ1) is 11.2. The molecule has 0 aromatic carbocycles. The Kier molecular flexibility index (Phi) is 3.60. The summed E-state index contributed by atoms with van der Waals surface area (Å²) in [4.78, 5) is 22.8. The minimum atomic E-state index is 0.0672. The lowest BCUT2D eigenvalue weighted by Gasteiger charge is -2.53. The third kappa shape index (κ3) is 2.34. The van der Waals surface area contributed by atoms with Crippen molar-refractivity contribution in [2.75, 3.05) is 13.1 Å². The molecule has 1 unspecified atom stereocenters. The van der Waals surface area contributed by atoms with Crippen LogP contribution < -0.4 is 5.73 Å². The van der Waals surface area contributed by atoms with Crippen molar-refractivity contribution in [2.45, 2.75) is 44.6 Å². The first kappa shape index (κ1) is 14.7. The molecule has 4 rings (SSSR count). The molecule has 1 saturated heterocycles. The summed E-state index contributed by atoms with van der Waals surface area (Å²) in [5.41, 5.74) is 8.62. The fourth-order valence-corrected chi connectivity index (χ4v) is 4.32. The van der Waals surface area contributed by atoms with Crippen molar-refractivity contribution in [1.29, 1.82) is 0 Å². The molecule has 2 aromatic heterocycles. The molecule has 3 heterocycles. The summed E-state index contributed by atoms with van der Waals surface area (Å²) in [5, 5.41) is 0. The van der Waals surface area contributed by atoms with Gasteiger partial charge < -0.3 is 15.6 Å². The lowest BCUT2D eigenvalue weighted by atomic mass is 9.62. The van der Waals surface area contributed by atoms with Gasteiger partial charge in [0.05, 0.1) is 11.0 Å². The van der Waals surface area contributed by atoms with Crippen molar-refractivity contribution in [3.63, 3.8) is 0 Å². The van der Waals surface area contributed by atoms with Gasteiger partial charge in [-0.25, -0.2) is 4.98 Å². The van der Waals surface area contributed by atoms with Gasteiger partial charge >= 0.3 is 0 Å². The van der Waals surface area contributed by atoms with Crippen LogP contribution in [0.1, 0.15) is 49.0 Å². The van der Waals surface area contributed by atoms with E-state index in [9.17, 15) is 4.79 Å². The van der Waals surface area contributed by atoms with Crippen LogP contribution >= 0.6 is 0 Å². The Balaban J connectivity index is 1.64. The van der Waals surface area contributed by atoms with Crippen LogP contribution in [0, 0.1) is 5.41 Å². The van der Waals surface area contributed by atoms with Gasteiger partial charge in [-0.05, 0) is 56.8 Å². The highest BCUT2D eigenvalue weighted by Gasteiger charge is 2.47. The first-order valence-electron chi connectivity index (χ1n) is 8.69. The maximum Gasteiger partial charge on any atom is 0.272 e. The number of likely N-dealkylation sites (tertiary alicyclic amines) is 1. The maximum atomic E-state index is 13.1. The number of amides is 1. The predicted octanol–water partition coefficient (Wildman–Crippen LogP) is 2.69. The molecule has 1 amide bonds. The van der Waals surface area contributed by atoms with Crippen LogP contribution in [0.2, 0.25) is 0 Å². The van der Waals surface area contributed by atoms with Gasteiger partial charge in [-0.15, -0.1) is 0 Å². The summed E-state index contributed by atoms with van der Waals surface area (Å²) in [6.07, 6.45) is 8.76. The van der Waals surface area contributed by atoms with E-state index in [4.69, 9.17) is 5.73 Å². The molecule has 0 spiro atoms. The number of aromatic nitrogens is 2. The topological polar surface area (TPSA) is 75.0 Å². The van der Waals surface area contributed by atoms with E-state index in [1.807, 2.05) is 24.4 Å². The second-order valence-corrected chi connectivity index (χ2v) is 7.04. The molecule has 5 heteroatoms. The number of hydrogen-bond donors (Lipinski definition) is 2. The predicted molar refractivity (Wildman–Crippen MR) is 90.1 cm³/mol. The van der Waals surface area contributed by atoms with Crippen LogP contribution in [-0.2, 0) is 0 Å². The highest BCUT2D eigenvalue weighted by molar-refractivity contribution is 5.94. The highest BCUT2D eigenvalue weighted by Crippen LogP contribution is 2.47. The fraction of sp³-hybridized carbons (Fsp3) is 0.556. The molecular weight excluding hydrogens is 288 g/mol. The number of fused-ring (bicyclic) bond motifs is 1. The summed E-state index contributed by atoms with van der Waals surface area (Å²) in [6, 6.07) is 5.97. The number of carbonyl (C=O) groups excluding carboxylic acids is 1. The molecule has 0 radical (unpaired) electrons. The Morgan fingerprint density at radius 2 is 2.17 bits per heavy atom. The van der Waals surface area contributed by atoms with Gasteiger partial charge in [0.15, 0.2) is 0 Å². The highest BCUT2D eigenvalue weighted by atomic mass is 16.2. The molecule has 2 aromatic rings. The maximum absolute atomic E-state index is 13.1. The second-order valence-electron chi connectivity index (χ2n) is 7.04. The summed E-state index contributed by atoms with van der Waals surface area (Å²) < 4.78 is 0. The van der Waals surface area contributed by atoms with Crippen LogP contribution in [0.5, 0.6) is 0 Å². The van der Waals surface area contributed by atoms with Gasteiger partial charge in [-0.2, -0.15) is 0 Å². The van der Waals surface area contributed by atoms with Crippen molar-refractivity contribution in [2.24, 2.45) is 11.1 Å². The van der Waals surface area contributed by atoms with Crippen LogP contribution in [0.25, 0.3) is 11.0 Å². The van der Waals surface area contributed by atoms with Gasteiger partial charge in [0.1, 0.15) is 5.69 Å². The summed E-state index contributed by atoms with van der Waals surface area (Å²) in [6.45, 7) is 1.52. The Labute approximate surface area is 136 Å². The zero-order valence-corrected chi connectivity index (χ0v) is 13.4. The smallest absolute Gasteiger partial charge is 0.272 e. The SMILES string of the molecule is NCC1(C2CCCCN2C(=O)c2ccc3[nH]ccc3n2)CCC1. The van der Waals surface area contributed by atoms with E-state index in [0.29, 0.717) is 12.2 Å². The molecule has 0 bridgehead atoms. The molecule has 1 aliphatic carbocycles. The Bertz CT molecular complexity index is 713. The van der Waals surface area contributed by atoms with E-state index in [1.165, 1.54) is 12.8 Å². The fourth-order valence-electron chi connectivity index (χ4n) is 4.32. The van der Waals surface area contributed by atoms with Crippen molar-refractivity contribution in [3.05, 3.63) is 30.1 Å². The minimum Gasteiger partial charge on any atom is -0.360 e. The largest absolute Gasteiger partial charge is 0.360 e. The number of nitrogens with two attached hydrogens (primary N) is 1. The van der Waals surface area contributed by atoms with E-state index in [2.05, 4.69) is 14.9 Å². The van der Waals surface area contributed by atoms with Crippen LogP contribution in [-0.4, -0.2) is 39.9 Å². The number of nitrogens with zero attached hydrogens (tertiary/aromatic N) is 2. The average molecular weight is 312 g/mol. The van der Waals surface area contributed by atoms with Crippen molar-refractivity contribution in [1.82, 2.24) is 14.9 Å². The Morgan fingerprint density at radius 1 is 1.30 bits per heavy atom. The summed E-state index contributed by atoms with van der Waals surface area (Å²) in [5.74, 6) is 0.0672. The summed E-state index contributed by atoms with van der Waals surface area (Å²) >= 11 is 0. The van der Waals surface area contributed by atoms with Gasteiger partial charge in [0.25, 0.3) is 5.91 Å². The molecule has 23 heavy (non-hydrogen) atoms. The van der Waals surface area contributed by atoms with Gasteiger partial charge in [-0.1, -0.05) is 6.42 Å². The van der Waals surface area contributed by atoms with Gasteiger partial charge in [0, 0.05) is 24.2 Å². The number of piperidine rings is 1. The van der Waals surface area contributed by atoms with Crippen molar-refractivity contribution in [3.8, 4) is 0 Å². The normalized spacial score (nSPS) is 23.7. The number of nitrogens with one attached hydrogen (secondary N) is 1. The standard InChI is InChI=1S/C18H24N4O/c19-12-18(8-3-9-18)16-4-1-2-11-22(16)17(23)15-6-5-13-14(21-15)7-10-20-13/h5-7,10,16,20H,1-4,8-9,11-12,19H2. The van der Waals surface area contributed by atoms with E-state index in [0.717, 1.165) is 43.3 Å². The minimum absolute atomic E-state index is 0.0672. The zero-order valence-electron chi connectivity index (χ0n) is 13.4.